The summed E-state index contributed by atoms with van der Waals surface area (Å²) >= 11 is 7.61. The van der Waals surface area contributed by atoms with Crippen LogP contribution in [-0.4, -0.2) is 23.4 Å². The molecule has 0 amide bonds. The SMILES string of the molecule is O=C(O)COc1ccc(SCC=C(c2ccccc2)c2ccccc2C(F)(F)F)c(Cl)c1. The largest absolute Gasteiger partial charge is 0.482 e. The van der Waals surface area contributed by atoms with E-state index in [1.165, 1.54) is 30.0 Å². The topological polar surface area (TPSA) is 46.5 Å². The molecule has 0 atom stereocenters. The molecule has 0 spiro atoms. The minimum Gasteiger partial charge on any atom is -0.482 e. The van der Waals surface area contributed by atoms with E-state index in [1.54, 1.807) is 54.6 Å². The number of carbonyl (C=O) groups is 1. The zero-order valence-electron chi connectivity index (χ0n) is 16.6. The Morgan fingerprint density at radius 2 is 1.72 bits per heavy atom. The molecule has 166 valence electrons. The highest BCUT2D eigenvalue weighted by Crippen LogP contribution is 2.38. The van der Waals surface area contributed by atoms with Crippen molar-refractivity contribution in [1.82, 2.24) is 0 Å². The average molecular weight is 479 g/mol. The number of carboxylic acids is 1. The minimum atomic E-state index is -4.48. The molecule has 0 aliphatic heterocycles. The maximum Gasteiger partial charge on any atom is 0.417 e. The van der Waals surface area contributed by atoms with Crippen molar-refractivity contribution in [3.05, 3.63) is 101 Å². The molecule has 0 aromatic heterocycles. The monoisotopic (exact) mass is 478 g/mol. The summed E-state index contributed by atoms with van der Waals surface area (Å²) in [6, 6.07) is 19.2. The Balaban J connectivity index is 1.87. The number of carboxylic acid groups (broad SMARTS) is 1. The van der Waals surface area contributed by atoms with Gasteiger partial charge in [-0.1, -0.05) is 66.2 Å². The highest BCUT2D eigenvalue weighted by atomic mass is 35.5. The molecule has 0 saturated carbocycles. The van der Waals surface area contributed by atoms with Gasteiger partial charge in [0.15, 0.2) is 6.61 Å². The summed E-state index contributed by atoms with van der Waals surface area (Å²) in [5.74, 6) is -0.412. The van der Waals surface area contributed by atoms with Crippen LogP contribution in [0.25, 0.3) is 5.57 Å². The Bertz CT molecular complexity index is 1110. The van der Waals surface area contributed by atoms with E-state index in [-0.39, 0.29) is 5.56 Å². The number of ether oxygens (including phenoxy) is 1. The first kappa shape index (κ1) is 23.8. The minimum absolute atomic E-state index is 0.107. The lowest BCUT2D eigenvalue weighted by atomic mass is 9.93. The van der Waals surface area contributed by atoms with Gasteiger partial charge in [0, 0.05) is 10.6 Å². The number of alkyl halides is 3. The van der Waals surface area contributed by atoms with Crippen molar-refractivity contribution < 1.29 is 27.8 Å². The average Bonchev–Trinajstić information content (AvgIpc) is 2.76. The van der Waals surface area contributed by atoms with Gasteiger partial charge in [-0.25, -0.2) is 4.79 Å². The van der Waals surface area contributed by atoms with Gasteiger partial charge in [-0.05, 0) is 41.0 Å². The molecule has 3 rings (SSSR count). The normalized spacial score (nSPS) is 11.9. The number of aliphatic carboxylic acids is 1. The number of rotatable bonds is 8. The Morgan fingerprint density at radius 1 is 1.03 bits per heavy atom. The zero-order chi connectivity index (χ0) is 23.1. The van der Waals surface area contributed by atoms with E-state index >= 15 is 0 Å². The van der Waals surface area contributed by atoms with Gasteiger partial charge in [0.25, 0.3) is 0 Å². The first-order valence-corrected chi connectivity index (χ1v) is 10.8. The van der Waals surface area contributed by atoms with Crippen molar-refractivity contribution in [2.75, 3.05) is 12.4 Å². The van der Waals surface area contributed by atoms with Crippen LogP contribution >= 0.6 is 23.4 Å². The van der Waals surface area contributed by atoms with Crippen molar-refractivity contribution in [2.24, 2.45) is 0 Å². The predicted molar refractivity (Wildman–Crippen MR) is 120 cm³/mol. The van der Waals surface area contributed by atoms with Crippen molar-refractivity contribution >= 4 is 34.9 Å². The number of hydrogen-bond donors (Lipinski definition) is 1. The molecule has 0 bridgehead atoms. The summed E-state index contributed by atoms with van der Waals surface area (Å²) < 4.78 is 45.9. The molecule has 32 heavy (non-hydrogen) atoms. The molecule has 0 saturated heterocycles. The fourth-order valence-corrected chi connectivity index (χ4v) is 4.14. The third-order valence-corrected chi connectivity index (χ3v) is 5.82. The van der Waals surface area contributed by atoms with Gasteiger partial charge >= 0.3 is 12.1 Å². The van der Waals surface area contributed by atoms with E-state index in [1.807, 2.05) is 0 Å². The van der Waals surface area contributed by atoms with Gasteiger partial charge in [-0.15, -0.1) is 11.8 Å². The van der Waals surface area contributed by atoms with Gasteiger partial charge in [0.1, 0.15) is 5.75 Å². The van der Waals surface area contributed by atoms with E-state index in [2.05, 4.69) is 0 Å². The molecule has 0 aliphatic carbocycles. The van der Waals surface area contributed by atoms with E-state index in [0.717, 1.165) is 6.07 Å². The molecule has 3 aromatic rings. The number of halogens is 4. The van der Waals surface area contributed by atoms with Crippen molar-refractivity contribution in [1.29, 1.82) is 0 Å². The molecular weight excluding hydrogens is 461 g/mol. The van der Waals surface area contributed by atoms with E-state index < -0.39 is 24.3 Å². The molecule has 0 heterocycles. The summed E-state index contributed by atoms with van der Waals surface area (Å²) in [6.45, 7) is -0.482. The summed E-state index contributed by atoms with van der Waals surface area (Å²) in [4.78, 5) is 11.3. The van der Waals surface area contributed by atoms with Crippen LogP contribution in [-0.2, 0) is 11.0 Å². The van der Waals surface area contributed by atoms with E-state index in [9.17, 15) is 18.0 Å². The fraction of sp³-hybridized carbons (Fsp3) is 0.125. The Morgan fingerprint density at radius 3 is 2.38 bits per heavy atom. The van der Waals surface area contributed by atoms with Crippen molar-refractivity contribution in [3.8, 4) is 5.75 Å². The molecule has 8 heteroatoms. The third-order valence-electron chi connectivity index (χ3n) is 4.40. The second kappa shape index (κ2) is 10.6. The van der Waals surface area contributed by atoms with Gasteiger partial charge < -0.3 is 9.84 Å². The number of thioether (sulfide) groups is 1. The maximum absolute atomic E-state index is 13.6. The highest BCUT2D eigenvalue weighted by molar-refractivity contribution is 7.99. The molecular formula is C24H18ClF3O3S. The van der Waals surface area contributed by atoms with Crippen LogP contribution in [0.4, 0.5) is 13.2 Å². The van der Waals surface area contributed by atoms with Crippen LogP contribution in [0.3, 0.4) is 0 Å². The van der Waals surface area contributed by atoms with Gasteiger partial charge in [0.05, 0.1) is 10.6 Å². The zero-order valence-corrected chi connectivity index (χ0v) is 18.2. The lowest BCUT2D eigenvalue weighted by Crippen LogP contribution is -2.09. The molecule has 1 N–H and O–H groups in total. The quantitative estimate of drug-likeness (QED) is 0.352. The Hall–Kier alpha value is -2.90. The molecule has 3 aromatic carbocycles. The summed E-state index contributed by atoms with van der Waals surface area (Å²) in [7, 11) is 0. The van der Waals surface area contributed by atoms with Crippen molar-refractivity contribution in [3.63, 3.8) is 0 Å². The second-order valence-corrected chi connectivity index (χ2v) is 8.08. The lowest BCUT2D eigenvalue weighted by Gasteiger charge is -2.16. The molecule has 0 unspecified atom stereocenters. The predicted octanol–water partition coefficient (Wildman–Crippen LogP) is 7.05. The van der Waals surface area contributed by atoms with Gasteiger partial charge in [-0.2, -0.15) is 13.2 Å². The number of benzene rings is 3. The summed E-state index contributed by atoms with van der Waals surface area (Å²) in [5, 5.41) is 9.05. The summed E-state index contributed by atoms with van der Waals surface area (Å²) in [5.41, 5.74) is 0.560. The summed E-state index contributed by atoms with van der Waals surface area (Å²) in [6.07, 6.45) is -2.73. The van der Waals surface area contributed by atoms with Crippen LogP contribution in [0.5, 0.6) is 5.75 Å². The van der Waals surface area contributed by atoms with Crippen LogP contribution in [0, 0.1) is 0 Å². The fourth-order valence-electron chi connectivity index (χ4n) is 3.01. The molecule has 0 radical (unpaired) electrons. The maximum atomic E-state index is 13.6. The van der Waals surface area contributed by atoms with E-state index in [0.29, 0.717) is 32.6 Å². The van der Waals surface area contributed by atoms with Gasteiger partial charge in [-0.3, -0.25) is 0 Å². The van der Waals surface area contributed by atoms with E-state index in [4.69, 9.17) is 21.4 Å². The first-order valence-electron chi connectivity index (χ1n) is 9.45. The number of hydrogen-bond acceptors (Lipinski definition) is 3. The van der Waals surface area contributed by atoms with Gasteiger partial charge in [0.2, 0.25) is 0 Å². The van der Waals surface area contributed by atoms with Crippen molar-refractivity contribution in [2.45, 2.75) is 11.1 Å². The second-order valence-electron chi connectivity index (χ2n) is 6.61. The highest BCUT2D eigenvalue weighted by Gasteiger charge is 2.33. The Labute approximate surface area is 192 Å². The van der Waals surface area contributed by atoms with Crippen LogP contribution in [0.1, 0.15) is 16.7 Å². The molecule has 0 aliphatic rings. The standard InChI is InChI=1S/C24H18ClF3O3S/c25-21-14-17(31-15-23(29)30)10-11-22(21)32-13-12-18(16-6-2-1-3-7-16)19-8-4-5-9-20(19)24(26,27)28/h1-12,14H,13,15H2,(H,29,30). The third kappa shape index (κ3) is 6.31. The lowest BCUT2D eigenvalue weighted by molar-refractivity contribution is -0.139. The smallest absolute Gasteiger partial charge is 0.417 e. The molecule has 3 nitrogen and oxygen atoms in total. The Kier molecular flexibility index (Phi) is 7.88. The molecule has 0 fully saturated rings. The van der Waals surface area contributed by atoms with Crippen LogP contribution in [0.15, 0.2) is 83.8 Å². The van der Waals surface area contributed by atoms with Crippen LogP contribution < -0.4 is 4.74 Å². The van der Waals surface area contributed by atoms with Crippen LogP contribution in [0.2, 0.25) is 5.02 Å². The first-order chi connectivity index (χ1) is 15.3.